The molecule has 68 valence electrons. The first kappa shape index (κ1) is 9.49. The third-order valence-corrected chi connectivity index (χ3v) is 2.76. The van der Waals surface area contributed by atoms with Crippen LogP contribution in [0.2, 0.25) is 0 Å². The predicted molar refractivity (Wildman–Crippen MR) is 44.7 cm³/mol. The Hall–Kier alpha value is -0.600. The van der Waals surface area contributed by atoms with Crippen molar-refractivity contribution in [3.05, 3.63) is 0 Å². The zero-order valence-electron chi connectivity index (χ0n) is 6.95. The van der Waals surface area contributed by atoms with Gasteiger partial charge in [0, 0.05) is 12.0 Å². The molecule has 0 amide bonds. The third-order valence-electron chi connectivity index (χ3n) is 2.00. The highest BCUT2D eigenvalue weighted by Crippen LogP contribution is 2.24. The Labute approximate surface area is 72.6 Å². The molecule has 1 fully saturated rings. The van der Waals surface area contributed by atoms with Crippen LogP contribution in [-0.2, 0) is 10.0 Å². The average Bonchev–Trinajstić information content (AvgIpc) is 2.32. The quantitative estimate of drug-likeness (QED) is 0.674. The molecule has 0 radical (unpaired) electrons. The lowest BCUT2D eigenvalue weighted by molar-refractivity contribution is 0.553. The van der Waals surface area contributed by atoms with E-state index in [1.807, 2.05) is 0 Å². The highest BCUT2D eigenvalue weighted by molar-refractivity contribution is 7.88. The van der Waals surface area contributed by atoms with E-state index >= 15 is 0 Å². The number of nitriles is 1. The largest absolute Gasteiger partial charge is 0.213 e. The summed E-state index contributed by atoms with van der Waals surface area (Å²) in [5.74, 6) is 0.0317. The minimum atomic E-state index is -3.10. The van der Waals surface area contributed by atoms with E-state index in [1.165, 1.54) is 0 Å². The van der Waals surface area contributed by atoms with Crippen molar-refractivity contribution < 1.29 is 8.42 Å². The molecule has 5 heteroatoms. The zero-order chi connectivity index (χ0) is 9.19. The molecule has 1 saturated carbocycles. The molecule has 2 unspecified atom stereocenters. The van der Waals surface area contributed by atoms with Crippen molar-refractivity contribution in [3.8, 4) is 6.07 Å². The normalized spacial score (nSPS) is 30.0. The standard InChI is InChI=1S/C7H12N2O2S/c1-12(10,11)9-7-3-2-6(4-7)5-8/h6-7,9H,2-4H2,1H3. The van der Waals surface area contributed by atoms with E-state index in [9.17, 15) is 8.42 Å². The summed E-state index contributed by atoms with van der Waals surface area (Å²) in [6, 6.07) is 2.12. The molecule has 12 heavy (non-hydrogen) atoms. The summed E-state index contributed by atoms with van der Waals surface area (Å²) >= 11 is 0. The Morgan fingerprint density at radius 2 is 2.17 bits per heavy atom. The van der Waals surface area contributed by atoms with Gasteiger partial charge in [-0.1, -0.05) is 0 Å². The molecule has 1 N–H and O–H groups in total. The van der Waals surface area contributed by atoms with Gasteiger partial charge < -0.3 is 0 Å². The fourth-order valence-corrected chi connectivity index (χ4v) is 2.33. The van der Waals surface area contributed by atoms with Crippen LogP contribution < -0.4 is 4.72 Å². The second-order valence-electron chi connectivity index (χ2n) is 3.23. The molecular formula is C7H12N2O2S. The van der Waals surface area contributed by atoms with Crippen molar-refractivity contribution in [2.75, 3.05) is 6.26 Å². The lowest BCUT2D eigenvalue weighted by atomic mass is 10.1. The molecule has 1 rings (SSSR count). The highest BCUT2D eigenvalue weighted by atomic mass is 32.2. The van der Waals surface area contributed by atoms with Gasteiger partial charge in [0.05, 0.1) is 12.3 Å². The first-order chi connectivity index (χ1) is 5.51. The first-order valence-electron chi connectivity index (χ1n) is 3.88. The van der Waals surface area contributed by atoms with Gasteiger partial charge in [-0.05, 0) is 19.3 Å². The van der Waals surface area contributed by atoms with Crippen LogP contribution in [0.25, 0.3) is 0 Å². The first-order valence-corrected chi connectivity index (χ1v) is 5.77. The third kappa shape index (κ3) is 2.80. The average molecular weight is 188 g/mol. The van der Waals surface area contributed by atoms with Gasteiger partial charge in [-0.3, -0.25) is 0 Å². The molecule has 0 bridgehead atoms. The van der Waals surface area contributed by atoms with Gasteiger partial charge in [0.25, 0.3) is 0 Å². The smallest absolute Gasteiger partial charge is 0.208 e. The SMILES string of the molecule is CS(=O)(=O)NC1CCC(C#N)C1. The Kier molecular flexibility index (Phi) is 2.70. The van der Waals surface area contributed by atoms with Gasteiger partial charge in [0.1, 0.15) is 0 Å². The van der Waals surface area contributed by atoms with Crippen molar-refractivity contribution in [2.24, 2.45) is 5.92 Å². The van der Waals surface area contributed by atoms with E-state index in [1.54, 1.807) is 0 Å². The summed E-state index contributed by atoms with van der Waals surface area (Å²) in [5.41, 5.74) is 0. The number of rotatable bonds is 2. The van der Waals surface area contributed by atoms with Crippen LogP contribution in [0.4, 0.5) is 0 Å². The molecule has 1 aliphatic rings. The van der Waals surface area contributed by atoms with Gasteiger partial charge in [0.2, 0.25) is 10.0 Å². The lowest BCUT2D eigenvalue weighted by Gasteiger charge is -2.08. The number of nitrogens with zero attached hydrogens (tertiary/aromatic N) is 1. The van der Waals surface area contributed by atoms with E-state index in [0.717, 1.165) is 19.1 Å². The Morgan fingerprint density at radius 3 is 2.58 bits per heavy atom. The fourth-order valence-electron chi connectivity index (χ4n) is 1.51. The van der Waals surface area contributed by atoms with E-state index in [0.29, 0.717) is 6.42 Å². The van der Waals surface area contributed by atoms with Crippen molar-refractivity contribution in [1.29, 1.82) is 5.26 Å². The Morgan fingerprint density at radius 1 is 1.50 bits per heavy atom. The van der Waals surface area contributed by atoms with Crippen LogP contribution in [0.5, 0.6) is 0 Å². The molecule has 0 aromatic rings. The Balaban J connectivity index is 2.45. The molecular weight excluding hydrogens is 176 g/mol. The number of sulfonamides is 1. The van der Waals surface area contributed by atoms with Crippen molar-refractivity contribution >= 4 is 10.0 Å². The summed E-state index contributed by atoms with van der Waals surface area (Å²) in [4.78, 5) is 0. The lowest BCUT2D eigenvalue weighted by Crippen LogP contribution is -2.31. The number of hydrogen-bond donors (Lipinski definition) is 1. The predicted octanol–water partition coefficient (Wildman–Crippen LogP) is 0.228. The summed E-state index contributed by atoms with van der Waals surface area (Å²) in [5, 5.41) is 8.55. The van der Waals surface area contributed by atoms with Crippen molar-refractivity contribution in [2.45, 2.75) is 25.3 Å². The second-order valence-corrected chi connectivity index (χ2v) is 5.01. The van der Waals surface area contributed by atoms with Crippen molar-refractivity contribution in [1.82, 2.24) is 4.72 Å². The molecule has 2 atom stereocenters. The molecule has 0 saturated heterocycles. The minimum absolute atomic E-state index is 0.0235. The van der Waals surface area contributed by atoms with Gasteiger partial charge in [-0.15, -0.1) is 0 Å². The van der Waals surface area contributed by atoms with Crippen LogP contribution in [-0.4, -0.2) is 20.7 Å². The molecule has 0 aromatic heterocycles. The van der Waals surface area contributed by atoms with Crippen LogP contribution >= 0.6 is 0 Å². The minimum Gasteiger partial charge on any atom is -0.213 e. The van der Waals surface area contributed by atoms with Gasteiger partial charge in [-0.25, -0.2) is 13.1 Å². The topological polar surface area (TPSA) is 70.0 Å². The monoisotopic (exact) mass is 188 g/mol. The van der Waals surface area contributed by atoms with E-state index in [2.05, 4.69) is 10.8 Å². The van der Waals surface area contributed by atoms with Crippen LogP contribution in [0, 0.1) is 17.2 Å². The van der Waals surface area contributed by atoms with Crippen molar-refractivity contribution in [3.63, 3.8) is 0 Å². The molecule has 0 heterocycles. The molecule has 0 aliphatic heterocycles. The van der Waals surface area contributed by atoms with Gasteiger partial charge in [-0.2, -0.15) is 5.26 Å². The molecule has 0 spiro atoms. The second kappa shape index (κ2) is 3.42. The van der Waals surface area contributed by atoms with E-state index in [-0.39, 0.29) is 12.0 Å². The number of hydrogen-bond acceptors (Lipinski definition) is 3. The van der Waals surface area contributed by atoms with Gasteiger partial charge in [0.15, 0.2) is 0 Å². The molecule has 4 nitrogen and oxygen atoms in total. The van der Waals surface area contributed by atoms with E-state index < -0.39 is 10.0 Å². The summed E-state index contributed by atoms with van der Waals surface area (Å²) in [6.07, 6.45) is 3.39. The maximum Gasteiger partial charge on any atom is 0.208 e. The van der Waals surface area contributed by atoms with Crippen LogP contribution in [0.15, 0.2) is 0 Å². The molecule has 1 aliphatic carbocycles. The summed E-state index contributed by atoms with van der Waals surface area (Å²) < 4.78 is 24.1. The highest BCUT2D eigenvalue weighted by Gasteiger charge is 2.26. The zero-order valence-corrected chi connectivity index (χ0v) is 7.76. The maximum atomic E-state index is 10.8. The molecule has 0 aromatic carbocycles. The van der Waals surface area contributed by atoms with E-state index in [4.69, 9.17) is 5.26 Å². The number of nitrogens with one attached hydrogen (secondary N) is 1. The summed E-state index contributed by atoms with van der Waals surface area (Å²) in [7, 11) is -3.10. The fraction of sp³-hybridized carbons (Fsp3) is 0.857. The summed E-state index contributed by atoms with van der Waals surface area (Å²) in [6.45, 7) is 0. The van der Waals surface area contributed by atoms with Crippen LogP contribution in [0.3, 0.4) is 0 Å². The van der Waals surface area contributed by atoms with Crippen LogP contribution in [0.1, 0.15) is 19.3 Å². The van der Waals surface area contributed by atoms with Gasteiger partial charge >= 0.3 is 0 Å². The Bertz CT molecular complexity index is 291. The maximum absolute atomic E-state index is 10.8.